The summed E-state index contributed by atoms with van der Waals surface area (Å²) >= 11 is 0. The predicted octanol–water partition coefficient (Wildman–Crippen LogP) is 3.72. The molecule has 0 bridgehead atoms. The van der Waals surface area contributed by atoms with E-state index in [-0.39, 0.29) is 13.2 Å². The molecule has 0 spiro atoms. The SMILES string of the molecule is CCOP(F)N=[P+](F)OCC. The van der Waals surface area contributed by atoms with E-state index in [9.17, 15) is 8.39 Å². The summed E-state index contributed by atoms with van der Waals surface area (Å²) in [4.78, 5) is 0. The van der Waals surface area contributed by atoms with Crippen LogP contribution in [0.1, 0.15) is 13.8 Å². The van der Waals surface area contributed by atoms with Gasteiger partial charge in [-0.3, -0.25) is 0 Å². The Bertz CT molecular complexity index is 135. The molecule has 0 radical (unpaired) electrons. The number of halogens is 2. The molecule has 11 heavy (non-hydrogen) atoms. The zero-order valence-corrected chi connectivity index (χ0v) is 8.12. The van der Waals surface area contributed by atoms with Crippen molar-refractivity contribution in [2.24, 2.45) is 4.52 Å². The maximum absolute atomic E-state index is 12.3. The van der Waals surface area contributed by atoms with E-state index in [4.69, 9.17) is 0 Å². The first-order valence-corrected chi connectivity index (χ1v) is 5.30. The van der Waals surface area contributed by atoms with Crippen LogP contribution >= 0.6 is 16.9 Å². The summed E-state index contributed by atoms with van der Waals surface area (Å²) in [5, 5.41) is 0. The molecule has 2 atom stereocenters. The molecule has 0 aliphatic carbocycles. The quantitative estimate of drug-likeness (QED) is 0.639. The van der Waals surface area contributed by atoms with Crippen LogP contribution in [0.25, 0.3) is 0 Å². The molecule has 0 heterocycles. The Morgan fingerprint density at radius 2 is 2.09 bits per heavy atom. The Morgan fingerprint density at radius 3 is 2.55 bits per heavy atom. The molecular weight excluding hydrogens is 194 g/mol. The van der Waals surface area contributed by atoms with Crippen LogP contribution in [-0.2, 0) is 9.05 Å². The van der Waals surface area contributed by atoms with Gasteiger partial charge in [-0.1, -0.05) is 0 Å². The molecule has 0 aromatic rings. The van der Waals surface area contributed by atoms with Crippen molar-refractivity contribution in [3.8, 4) is 0 Å². The number of hydrogen-bond donors (Lipinski definition) is 0. The summed E-state index contributed by atoms with van der Waals surface area (Å²) in [6, 6.07) is 0. The molecule has 0 aliphatic rings. The van der Waals surface area contributed by atoms with Gasteiger partial charge >= 0.3 is 16.9 Å². The van der Waals surface area contributed by atoms with Crippen LogP contribution in [0.2, 0.25) is 0 Å². The van der Waals surface area contributed by atoms with Gasteiger partial charge in [-0.05, 0) is 13.8 Å². The van der Waals surface area contributed by atoms with Gasteiger partial charge in [0.15, 0.2) is 0 Å². The molecule has 7 heteroatoms. The number of nitrogens with zero attached hydrogens (tertiary/aromatic N) is 1. The lowest BCUT2D eigenvalue weighted by Crippen LogP contribution is -1.76. The van der Waals surface area contributed by atoms with E-state index in [0.717, 1.165) is 0 Å². The molecule has 0 N–H and O–H groups in total. The standard InChI is InChI=1S/C4H10F2NO2P2/c1-3-8-10(5)7-11(6)9-4-2/h3-4H2,1-2H3/q+1. The summed E-state index contributed by atoms with van der Waals surface area (Å²) in [7, 11) is -4.96. The fraction of sp³-hybridized carbons (Fsp3) is 1.00. The van der Waals surface area contributed by atoms with Gasteiger partial charge in [0.05, 0.1) is 10.8 Å². The molecule has 66 valence electrons. The Hall–Kier alpha value is 0.310. The van der Waals surface area contributed by atoms with E-state index in [1.54, 1.807) is 13.8 Å². The summed E-state index contributed by atoms with van der Waals surface area (Å²) in [6.07, 6.45) is 0. The number of rotatable bonds is 5. The van der Waals surface area contributed by atoms with Gasteiger partial charge in [-0.2, -0.15) is 4.20 Å². The van der Waals surface area contributed by atoms with Crippen molar-refractivity contribution in [1.29, 1.82) is 0 Å². The van der Waals surface area contributed by atoms with E-state index >= 15 is 0 Å². The first-order valence-electron chi connectivity index (χ1n) is 3.09. The van der Waals surface area contributed by atoms with Crippen molar-refractivity contribution < 1.29 is 17.4 Å². The summed E-state index contributed by atoms with van der Waals surface area (Å²) in [6.45, 7) is 3.62. The van der Waals surface area contributed by atoms with E-state index in [1.807, 2.05) is 0 Å². The zero-order valence-electron chi connectivity index (χ0n) is 6.33. The van der Waals surface area contributed by atoms with E-state index in [0.29, 0.717) is 0 Å². The first kappa shape index (κ1) is 11.3. The summed E-state index contributed by atoms with van der Waals surface area (Å²) in [5.41, 5.74) is 0. The molecule has 0 aromatic heterocycles. The smallest absolute Gasteiger partial charge is 0.311 e. The molecule has 0 amide bonds. The molecule has 0 saturated carbocycles. The Labute approximate surface area is 66.8 Å². The fourth-order valence-electron chi connectivity index (χ4n) is 0.320. The molecule has 3 nitrogen and oxygen atoms in total. The molecule has 0 rings (SSSR count). The maximum atomic E-state index is 12.3. The Morgan fingerprint density at radius 1 is 1.45 bits per heavy atom. The minimum atomic E-state index is -2.48. The highest BCUT2D eigenvalue weighted by Crippen LogP contribution is 2.48. The van der Waals surface area contributed by atoms with Gasteiger partial charge < -0.3 is 4.52 Å². The van der Waals surface area contributed by atoms with Crippen molar-refractivity contribution in [3.05, 3.63) is 0 Å². The third kappa shape index (κ3) is 6.70. The van der Waals surface area contributed by atoms with Crippen molar-refractivity contribution in [3.63, 3.8) is 0 Å². The van der Waals surface area contributed by atoms with E-state index < -0.39 is 16.9 Å². The second-order valence-electron chi connectivity index (χ2n) is 1.38. The van der Waals surface area contributed by atoms with Crippen LogP contribution in [0.15, 0.2) is 4.52 Å². The highest BCUT2D eigenvalue weighted by molar-refractivity contribution is 7.53. The van der Waals surface area contributed by atoms with Gasteiger partial charge in [0, 0.05) is 4.52 Å². The van der Waals surface area contributed by atoms with Crippen molar-refractivity contribution in [1.82, 2.24) is 0 Å². The van der Waals surface area contributed by atoms with Crippen LogP contribution in [-0.4, -0.2) is 13.2 Å². The lowest BCUT2D eigenvalue weighted by Gasteiger charge is -1.92. The second kappa shape index (κ2) is 6.99. The zero-order chi connectivity index (χ0) is 8.69. The Kier molecular flexibility index (Phi) is 7.18. The third-order valence-corrected chi connectivity index (χ3v) is 2.68. The van der Waals surface area contributed by atoms with Gasteiger partial charge in [-0.25, -0.2) is 0 Å². The maximum Gasteiger partial charge on any atom is 0.618 e. The molecule has 2 unspecified atom stereocenters. The molecule has 0 saturated heterocycles. The van der Waals surface area contributed by atoms with Crippen molar-refractivity contribution >= 4 is 16.9 Å². The van der Waals surface area contributed by atoms with Crippen LogP contribution in [0.3, 0.4) is 0 Å². The average molecular weight is 204 g/mol. The van der Waals surface area contributed by atoms with Crippen molar-refractivity contribution in [2.45, 2.75) is 13.8 Å². The third-order valence-electron chi connectivity index (χ3n) is 0.612. The lowest BCUT2D eigenvalue weighted by atomic mass is 10.9. The average Bonchev–Trinajstić information content (AvgIpc) is 1.87. The fourth-order valence-corrected chi connectivity index (χ4v) is 1.60. The molecular formula is C4H10F2NO2P2+. The largest absolute Gasteiger partial charge is 0.618 e. The predicted molar refractivity (Wildman–Crippen MR) is 41.7 cm³/mol. The highest BCUT2D eigenvalue weighted by atomic mass is 31.2. The van der Waals surface area contributed by atoms with Crippen molar-refractivity contribution in [2.75, 3.05) is 13.2 Å². The van der Waals surface area contributed by atoms with E-state index in [1.165, 1.54) is 0 Å². The molecule has 0 fully saturated rings. The van der Waals surface area contributed by atoms with E-state index in [2.05, 4.69) is 13.6 Å². The number of hydrogen-bond acceptors (Lipinski definition) is 3. The summed E-state index contributed by atoms with van der Waals surface area (Å²) < 4.78 is 36.5. The van der Waals surface area contributed by atoms with Crippen LogP contribution in [0, 0.1) is 0 Å². The van der Waals surface area contributed by atoms with Crippen LogP contribution in [0.4, 0.5) is 8.39 Å². The van der Waals surface area contributed by atoms with Gasteiger partial charge in [-0.15, -0.1) is 4.52 Å². The van der Waals surface area contributed by atoms with Gasteiger partial charge in [0.25, 0.3) is 0 Å². The minimum Gasteiger partial charge on any atom is -0.311 e. The first-order chi connectivity index (χ1) is 5.20. The Balaban J connectivity index is 3.66. The second-order valence-corrected chi connectivity index (χ2v) is 3.51. The highest BCUT2D eigenvalue weighted by Gasteiger charge is 2.20. The monoisotopic (exact) mass is 204 g/mol. The van der Waals surface area contributed by atoms with Gasteiger partial charge in [0.2, 0.25) is 0 Å². The molecule has 0 aliphatic heterocycles. The van der Waals surface area contributed by atoms with Crippen LogP contribution < -0.4 is 0 Å². The minimum absolute atomic E-state index is 0.195. The van der Waals surface area contributed by atoms with Gasteiger partial charge in [0.1, 0.15) is 6.61 Å². The summed E-state index contributed by atoms with van der Waals surface area (Å²) in [5.74, 6) is 0. The lowest BCUT2D eigenvalue weighted by molar-refractivity contribution is 0.350. The van der Waals surface area contributed by atoms with Crippen LogP contribution in [0.5, 0.6) is 0 Å². The normalized spacial score (nSPS) is 15.1. The molecule has 0 aromatic carbocycles. The topological polar surface area (TPSA) is 30.8 Å².